The van der Waals surface area contributed by atoms with Gasteiger partial charge >= 0.3 is 0 Å². The van der Waals surface area contributed by atoms with Crippen LogP contribution in [0.15, 0.2) is 68.0 Å². The zero-order chi connectivity index (χ0) is 29.3. The summed E-state index contributed by atoms with van der Waals surface area (Å²) in [5, 5.41) is 3.63. The van der Waals surface area contributed by atoms with Crippen LogP contribution in [-0.2, 0) is 16.6 Å². The van der Waals surface area contributed by atoms with Crippen molar-refractivity contribution in [3.05, 3.63) is 85.0 Å². The third-order valence-corrected chi connectivity index (χ3v) is 7.57. The van der Waals surface area contributed by atoms with Gasteiger partial charge < -0.3 is 25.3 Å². The van der Waals surface area contributed by atoms with Gasteiger partial charge in [0, 0.05) is 37.0 Å². The Morgan fingerprint density at radius 3 is 2.52 bits per heavy atom. The number of hydrogen-bond donors (Lipinski definition) is 2. The Labute approximate surface area is 240 Å². The summed E-state index contributed by atoms with van der Waals surface area (Å²) in [6.07, 6.45) is 1.44. The number of methoxy groups -OCH3 is 1. The van der Waals surface area contributed by atoms with Crippen molar-refractivity contribution < 1.29 is 13.9 Å². The van der Waals surface area contributed by atoms with E-state index in [1.807, 2.05) is 18.7 Å². The molecule has 2 atom stereocenters. The molecule has 210 valence electrons. The van der Waals surface area contributed by atoms with Crippen LogP contribution in [0.25, 0.3) is 0 Å². The number of nitrogens with one attached hydrogen (secondary N) is 1. The molecule has 13 heteroatoms. The number of halogens is 3. The second-order valence-electron chi connectivity index (χ2n) is 10.1. The summed E-state index contributed by atoms with van der Waals surface area (Å²) in [6.45, 7) is 7.27. The number of benzene rings is 1. The van der Waals surface area contributed by atoms with Crippen molar-refractivity contribution in [2.24, 2.45) is 22.8 Å². The van der Waals surface area contributed by atoms with E-state index in [0.717, 1.165) is 0 Å². The van der Waals surface area contributed by atoms with Crippen LogP contribution in [-0.4, -0.2) is 45.9 Å². The Hall–Kier alpha value is -3.67. The number of ether oxygens (including phenoxy) is 1. The van der Waals surface area contributed by atoms with Gasteiger partial charge in [-0.3, -0.25) is 14.5 Å². The first-order valence-corrected chi connectivity index (χ1v) is 13.2. The van der Waals surface area contributed by atoms with Gasteiger partial charge in [-0.25, -0.2) is 14.4 Å². The van der Waals surface area contributed by atoms with Crippen molar-refractivity contribution in [3.63, 3.8) is 0 Å². The maximum Gasteiger partial charge on any atom is 0.277 e. The van der Waals surface area contributed by atoms with E-state index in [9.17, 15) is 9.59 Å². The molecule has 0 radical (unpaired) electrons. The first-order valence-electron chi connectivity index (χ1n) is 12.4. The molecule has 5 rings (SSSR count). The molecule has 40 heavy (non-hydrogen) atoms. The topological polar surface area (TPSA) is 118 Å². The van der Waals surface area contributed by atoms with Crippen LogP contribution in [0.4, 0.5) is 10.1 Å². The number of amides is 1. The molecule has 0 aliphatic carbocycles. The molecule has 2 unspecified atom stereocenters. The number of amidine groups is 2. The van der Waals surface area contributed by atoms with Gasteiger partial charge in [-0.1, -0.05) is 29.3 Å². The molecule has 0 bridgehead atoms. The number of nitrogens with two attached hydrogens (primary N) is 1. The van der Waals surface area contributed by atoms with E-state index < -0.39 is 29.1 Å². The molecule has 3 aliphatic rings. The lowest BCUT2D eigenvalue weighted by Gasteiger charge is -2.38. The zero-order valence-corrected chi connectivity index (χ0v) is 24.2. The summed E-state index contributed by atoms with van der Waals surface area (Å²) in [5.41, 5.74) is 5.83. The fourth-order valence-corrected chi connectivity index (χ4v) is 5.83. The van der Waals surface area contributed by atoms with Crippen LogP contribution in [0.2, 0.25) is 10.0 Å². The second-order valence-corrected chi connectivity index (χ2v) is 11.0. The van der Waals surface area contributed by atoms with E-state index in [4.69, 9.17) is 33.7 Å². The Bertz CT molecular complexity index is 1640. The third kappa shape index (κ3) is 4.20. The summed E-state index contributed by atoms with van der Waals surface area (Å²) < 4.78 is 22.7. The van der Waals surface area contributed by atoms with Gasteiger partial charge in [-0.05, 0) is 45.9 Å². The van der Waals surface area contributed by atoms with Crippen molar-refractivity contribution in [2.45, 2.75) is 45.5 Å². The fraction of sp³-hybridized carbons (Fsp3) is 0.333. The van der Waals surface area contributed by atoms with E-state index in [1.165, 1.54) is 54.1 Å². The zero-order valence-electron chi connectivity index (χ0n) is 22.7. The van der Waals surface area contributed by atoms with Crippen molar-refractivity contribution in [2.75, 3.05) is 12.0 Å². The normalized spacial score (nSPS) is 24.6. The smallest absolute Gasteiger partial charge is 0.277 e. The van der Waals surface area contributed by atoms with E-state index >= 15 is 4.39 Å². The lowest BCUT2D eigenvalue weighted by molar-refractivity contribution is -0.115. The summed E-state index contributed by atoms with van der Waals surface area (Å²) >= 11 is 12.4. The molecule has 2 aromatic rings. The average Bonchev–Trinajstić information content (AvgIpc) is 3.36. The highest BCUT2D eigenvalue weighted by Gasteiger charge is 2.52. The molecule has 1 aromatic heterocycles. The third-order valence-electron chi connectivity index (χ3n) is 7.13. The lowest BCUT2D eigenvalue weighted by atomic mass is 9.99. The van der Waals surface area contributed by atoms with Gasteiger partial charge in [0.15, 0.2) is 5.72 Å². The van der Waals surface area contributed by atoms with Gasteiger partial charge in [0.05, 0.1) is 16.3 Å². The molecule has 0 fully saturated rings. The SMILES string of the molecule is COC1(C)N=C(C)N=C(N)C1=C1NC2=C(C(c3ccc(Cl)cc3F)N(c3cc(Cl)cn(C)c3=O)C2=O)N1C(C)C. The molecular weight excluding hydrogens is 560 g/mol. The predicted octanol–water partition coefficient (Wildman–Crippen LogP) is 3.81. The minimum Gasteiger partial charge on any atom is -0.383 e. The van der Waals surface area contributed by atoms with Crippen LogP contribution < -0.4 is 21.5 Å². The highest BCUT2D eigenvalue weighted by Crippen LogP contribution is 2.48. The molecule has 3 aliphatic heterocycles. The van der Waals surface area contributed by atoms with E-state index in [2.05, 4.69) is 15.3 Å². The highest BCUT2D eigenvalue weighted by molar-refractivity contribution is 6.31. The maximum absolute atomic E-state index is 15.6. The number of rotatable bonds is 4. The minimum atomic E-state index is -1.22. The number of nitrogens with zero attached hydrogens (tertiary/aromatic N) is 5. The Balaban J connectivity index is 1.79. The van der Waals surface area contributed by atoms with E-state index in [1.54, 1.807) is 13.8 Å². The van der Waals surface area contributed by atoms with Crippen molar-refractivity contribution >= 4 is 46.5 Å². The van der Waals surface area contributed by atoms with Crippen molar-refractivity contribution in [1.82, 2.24) is 14.8 Å². The number of aromatic nitrogens is 1. The Morgan fingerprint density at radius 2 is 1.90 bits per heavy atom. The number of carbonyl (C=O) groups excluding carboxylic acids is 1. The average molecular weight is 588 g/mol. The number of anilines is 1. The first-order chi connectivity index (χ1) is 18.8. The fourth-order valence-electron chi connectivity index (χ4n) is 5.43. The molecule has 4 heterocycles. The molecular formula is C27H28Cl2FN7O3. The number of carbonyl (C=O) groups is 1. The van der Waals surface area contributed by atoms with Gasteiger partial charge in [-0.2, -0.15) is 0 Å². The van der Waals surface area contributed by atoms with Crippen LogP contribution in [0.1, 0.15) is 39.3 Å². The predicted molar refractivity (Wildman–Crippen MR) is 153 cm³/mol. The van der Waals surface area contributed by atoms with Gasteiger partial charge in [0.1, 0.15) is 40.7 Å². The molecule has 1 amide bonds. The number of aliphatic imine (C=N–C) groups is 2. The summed E-state index contributed by atoms with van der Waals surface area (Å²) in [4.78, 5) is 39.5. The van der Waals surface area contributed by atoms with Crippen LogP contribution >= 0.6 is 23.2 Å². The van der Waals surface area contributed by atoms with E-state index in [0.29, 0.717) is 22.9 Å². The van der Waals surface area contributed by atoms with Crippen molar-refractivity contribution in [3.8, 4) is 0 Å². The molecule has 0 spiro atoms. The maximum atomic E-state index is 15.6. The van der Waals surface area contributed by atoms with Crippen LogP contribution in [0.3, 0.4) is 0 Å². The number of pyridine rings is 1. The largest absolute Gasteiger partial charge is 0.383 e. The number of hydrogen-bond acceptors (Lipinski definition) is 8. The van der Waals surface area contributed by atoms with Gasteiger partial charge in [0.25, 0.3) is 11.5 Å². The highest BCUT2D eigenvalue weighted by atomic mass is 35.5. The molecule has 0 saturated carbocycles. The minimum absolute atomic E-state index is 0.00541. The Kier molecular flexibility index (Phi) is 6.80. The second kappa shape index (κ2) is 9.76. The molecule has 1 aromatic carbocycles. The standard InChI is InChI=1S/C27H28Cl2FN7O3/c1-12(2)36-22-20(33-24(36)19-23(31)32-13(3)34-27(19,4)40-6)26(39)37(18-10-15(29)11-35(5)25(18)38)21(22)16-8-7-14(28)9-17(16)30/h7-12,21,33H,1-6H3,(H2,31,32,34). The monoisotopic (exact) mass is 587 g/mol. The quantitative estimate of drug-likeness (QED) is 0.561. The van der Waals surface area contributed by atoms with E-state index in [-0.39, 0.29) is 38.9 Å². The van der Waals surface area contributed by atoms with Gasteiger partial charge in [0.2, 0.25) is 0 Å². The summed E-state index contributed by atoms with van der Waals surface area (Å²) in [5.74, 6) is -0.184. The summed E-state index contributed by atoms with van der Waals surface area (Å²) in [6, 6.07) is 4.27. The van der Waals surface area contributed by atoms with Gasteiger partial charge in [-0.15, -0.1) is 0 Å². The first kappa shape index (κ1) is 27.9. The lowest BCUT2D eigenvalue weighted by Crippen LogP contribution is -2.47. The molecule has 0 saturated heterocycles. The Morgan fingerprint density at radius 1 is 1.20 bits per heavy atom. The summed E-state index contributed by atoms with van der Waals surface area (Å²) in [7, 11) is 3.02. The number of aryl methyl sites for hydroxylation is 1. The van der Waals surface area contributed by atoms with Crippen LogP contribution in [0.5, 0.6) is 0 Å². The molecule has 3 N–H and O–H groups in total. The van der Waals surface area contributed by atoms with Crippen molar-refractivity contribution in [1.29, 1.82) is 0 Å². The molecule has 10 nitrogen and oxygen atoms in total. The van der Waals surface area contributed by atoms with Crippen LogP contribution in [0, 0.1) is 5.82 Å².